The molecule has 0 bridgehead atoms. The van der Waals surface area contributed by atoms with E-state index in [-0.39, 0.29) is 5.91 Å². The van der Waals surface area contributed by atoms with Crippen LogP contribution in [0.1, 0.15) is 10.4 Å². The maximum Gasteiger partial charge on any atom is 0.298 e. The minimum Gasteiger partial charge on any atom is -0.464 e. The number of amides is 1. The van der Waals surface area contributed by atoms with Crippen LogP contribution in [0.25, 0.3) is 21.7 Å². The predicted octanol–water partition coefficient (Wildman–Crippen LogP) is 3.82. The van der Waals surface area contributed by atoms with Crippen molar-refractivity contribution in [1.82, 2.24) is 0 Å². The first-order chi connectivity index (χ1) is 8.34. The number of fused-ring (bicyclic) bond motifs is 5. The highest BCUT2D eigenvalue weighted by Gasteiger charge is 2.22. The Bertz CT molecular complexity index is 815. The fourth-order valence-corrected chi connectivity index (χ4v) is 2.31. The summed E-state index contributed by atoms with van der Waals surface area (Å²) in [5, 5.41) is 10.3. The van der Waals surface area contributed by atoms with Crippen molar-refractivity contribution >= 4 is 33.3 Å². The van der Waals surface area contributed by atoms with Gasteiger partial charge in [-0.05, 0) is 23.6 Å². The van der Waals surface area contributed by atoms with Crippen LogP contribution >= 0.6 is 0 Å². The highest BCUT2D eigenvalue weighted by atomic mass is 16.3. The monoisotopic (exact) mass is 222 g/mol. The minimum absolute atomic E-state index is 0.278. The molecule has 0 N–H and O–H groups in total. The molecule has 4 heteroatoms. The van der Waals surface area contributed by atoms with Gasteiger partial charge in [0.1, 0.15) is 5.58 Å². The van der Waals surface area contributed by atoms with Crippen molar-refractivity contribution in [1.29, 1.82) is 0 Å². The Morgan fingerprint density at radius 3 is 2.82 bits per heavy atom. The minimum atomic E-state index is -0.278. The average Bonchev–Trinajstić information content (AvgIpc) is 2.95. The topological polar surface area (TPSA) is 54.9 Å². The molecule has 0 fully saturated rings. The van der Waals surface area contributed by atoms with Crippen molar-refractivity contribution in [2.45, 2.75) is 0 Å². The molecule has 1 aromatic heterocycles. The third-order valence-corrected chi connectivity index (χ3v) is 3.06. The van der Waals surface area contributed by atoms with Crippen molar-refractivity contribution in [2.75, 3.05) is 0 Å². The molecule has 1 aliphatic heterocycles. The number of furan rings is 1. The lowest BCUT2D eigenvalue weighted by Gasteiger charge is -2.02. The van der Waals surface area contributed by atoms with Crippen LogP contribution in [0, 0.1) is 0 Å². The van der Waals surface area contributed by atoms with Gasteiger partial charge in [-0.1, -0.05) is 12.1 Å². The first-order valence-electron chi connectivity index (χ1n) is 5.23. The molecule has 0 radical (unpaired) electrons. The lowest BCUT2D eigenvalue weighted by Crippen LogP contribution is -1.91. The lowest BCUT2D eigenvalue weighted by molar-refractivity contribution is 0.100. The Labute approximate surface area is 95.6 Å². The summed E-state index contributed by atoms with van der Waals surface area (Å²) in [5.41, 5.74) is 1.98. The van der Waals surface area contributed by atoms with E-state index in [1.165, 1.54) is 0 Å². The number of azo groups is 1. The number of rotatable bonds is 0. The van der Waals surface area contributed by atoms with Gasteiger partial charge in [0.05, 0.1) is 17.5 Å². The Kier molecular flexibility index (Phi) is 1.42. The van der Waals surface area contributed by atoms with Crippen molar-refractivity contribution < 1.29 is 9.21 Å². The second kappa shape index (κ2) is 2.79. The SMILES string of the molecule is O=C1N=Nc2ccc3ccc4occc4c3c21. The molecule has 0 aliphatic carbocycles. The molecule has 80 valence electrons. The predicted molar refractivity (Wildman–Crippen MR) is 62.6 cm³/mol. The fourth-order valence-electron chi connectivity index (χ4n) is 2.31. The van der Waals surface area contributed by atoms with Gasteiger partial charge in [0.15, 0.2) is 0 Å². The molecule has 0 saturated carbocycles. The van der Waals surface area contributed by atoms with Gasteiger partial charge in [0.2, 0.25) is 0 Å². The Hall–Kier alpha value is -2.49. The van der Waals surface area contributed by atoms with Gasteiger partial charge in [-0.25, -0.2) is 0 Å². The summed E-state index contributed by atoms with van der Waals surface area (Å²) < 4.78 is 5.35. The summed E-state index contributed by atoms with van der Waals surface area (Å²) in [4.78, 5) is 11.8. The highest BCUT2D eigenvalue weighted by Crippen LogP contribution is 2.37. The van der Waals surface area contributed by atoms with Crippen LogP contribution in [0.15, 0.2) is 51.2 Å². The van der Waals surface area contributed by atoms with Crippen molar-refractivity contribution in [3.05, 3.63) is 42.2 Å². The van der Waals surface area contributed by atoms with Gasteiger partial charge >= 0.3 is 0 Å². The standard InChI is InChI=1S/C13H6N2O2/c16-13-12-9(14-15-13)3-1-7-2-4-10-8(11(7)12)5-6-17-10/h1-6H. The van der Waals surface area contributed by atoms with Crippen molar-refractivity contribution in [3.8, 4) is 0 Å². The van der Waals surface area contributed by atoms with E-state index in [0.29, 0.717) is 11.3 Å². The van der Waals surface area contributed by atoms with Crippen LogP contribution in [0.3, 0.4) is 0 Å². The second-order valence-corrected chi connectivity index (χ2v) is 3.96. The fraction of sp³-hybridized carbons (Fsp3) is 0. The van der Waals surface area contributed by atoms with Crippen LogP contribution in [-0.2, 0) is 0 Å². The molecule has 0 spiro atoms. The zero-order chi connectivity index (χ0) is 11.4. The zero-order valence-electron chi connectivity index (χ0n) is 8.68. The van der Waals surface area contributed by atoms with E-state index in [1.807, 2.05) is 30.3 Å². The largest absolute Gasteiger partial charge is 0.464 e. The summed E-state index contributed by atoms with van der Waals surface area (Å²) in [5.74, 6) is -0.278. The third-order valence-electron chi connectivity index (χ3n) is 3.06. The van der Waals surface area contributed by atoms with Crippen LogP contribution in [0.5, 0.6) is 0 Å². The van der Waals surface area contributed by atoms with Gasteiger partial charge in [0.25, 0.3) is 5.91 Å². The van der Waals surface area contributed by atoms with E-state index in [4.69, 9.17) is 4.42 Å². The molecule has 4 nitrogen and oxygen atoms in total. The van der Waals surface area contributed by atoms with Crippen LogP contribution < -0.4 is 0 Å². The summed E-state index contributed by atoms with van der Waals surface area (Å²) in [6, 6.07) is 9.46. The van der Waals surface area contributed by atoms with E-state index >= 15 is 0 Å². The van der Waals surface area contributed by atoms with Crippen LogP contribution in [-0.4, -0.2) is 5.91 Å². The molecule has 0 saturated heterocycles. The van der Waals surface area contributed by atoms with E-state index < -0.39 is 0 Å². The summed E-state index contributed by atoms with van der Waals surface area (Å²) in [7, 11) is 0. The molecule has 4 rings (SSSR count). The molecular formula is C13H6N2O2. The van der Waals surface area contributed by atoms with Crippen molar-refractivity contribution in [2.24, 2.45) is 10.2 Å². The second-order valence-electron chi connectivity index (χ2n) is 3.96. The van der Waals surface area contributed by atoms with Gasteiger partial charge < -0.3 is 4.42 Å². The average molecular weight is 222 g/mol. The number of carbonyl (C=O) groups is 1. The summed E-state index contributed by atoms with van der Waals surface area (Å²) in [6.45, 7) is 0. The molecule has 2 heterocycles. The Morgan fingerprint density at radius 1 is 1.00 bits per heavy atom. The lowest BCUT2D eigenvalue weighted by atomic mass is 9.99. The van der Waals surface area contributed by atoms with Gasteiger partial charge in [-0.15, -0.1) is 10.2 Å². The molecule has 3 aromatic rings. The van der Waals surface area contributed by atoms with Crippen LogP contribution in [0.2, 0.25) is 0 Å². The Morgan fingerprint density at radius 2 is 1.88 bits per heavy atom. The van der Waals surface area contributed by atoms with Crippen molar-refractivity contribution in [3.63, 3.8) is 0 Å². The smallest absolute Gasteiger partial charge is 0.298 e. The van der Waals surface area contributed by atoms with E-state index in [0.717, 1.165) is 21.7 Å². The van der Waals surface area contributed by atoms with Gasteiger partial charge in [-0.3, -0.25) is 4.79 Å². The van der Waals surface area contributed by atoms with Gasteiger partial charge in [-0.2, -0.15) is 0 Å². The molecular weight excluding hydrogens is 216 g/mol. The van der Waals surface area contributed by atoms with E-state index in [1.54, 1.807) is 6.26 Å². The van der Waals surface area contributed by atoms with E-state index in [2.05, 4.69) is 10.2 Å². The molecule has 1 amide bonds. The molecule has 1 aliphatic rings. The third kappa shape index (κ3) is 0.990. The number of hydrogen-bond donors (Lipinski definition) is 0. The molecule has 0 unspecified atom stereocenters. The van der Waals surface area contributed by atoms with Gasteiger partial charge in [0, 0.05) is 10.8 Å². The quantitative estimate of drug-likeness (QED) is 0.580. The summed E-state index contributed by atoms with van der Waals surface area (Å²) >= 11 is 0. The normalized spacial score (nSPS) is 13.8. The number of nitrogens with zero attached hydrogens (tertiary/aromatic N) is 2. The number of carbonyl (C=O) groups excluding carboxylic acids is 1. The van der Waals surface area contributed by atoms with Crippen LogP contribution in [0.4, 0.5) is 5.69 Å². The zero-order valence-corrected chi connectivity index (χ0v) is 8.68. The number of hydrogen-bond acceptors (Lipinski definition) is 3. The molecule has 17 heavy (non-hydrogen) atoms. The number of benzene rings is 2. The summed E-state index contributed by atoms with van der Waals surface area (Å²) in [6.07, 6.45) is 1.62. The maximum absolute atomic E-state index is 11.8. The highest BCUT2D eigenvalue weighted by molar-refractivity contribution is 6.20. The van der Waals surface area contributed by atoms with E-state index in [9.17, 15) is 4.79 Å². The molecule has 0 atom stereocenters. The first kappa shape index (κ1) is 8.64. The molecule has 2 aromatic carbocycles. The maximum atomic E-state index is 11.8. The first-order valence-corrected chi connectivity index (χ1v) is 5.23. The Balaban J connectivity index is 2.33.